The molecule has 1 aromatic heterocycles. The highest BCUT2D eigenvalue weighted by Crippen LogP contribution is 2.13. The second kappa shape index (κ2) is 11.6. The molecule has 142 valence electrons. The highest BCUT2D eigenvalue weighted by atomic mass is 19.4. The minimum absolute atomic E-state index is 0.0301. The molecule has 1 N–H and O–H groups in total. The van der Waals surface area contributed by atoms with Gasteiger partial charge in [-0.25, -0.2) is 0 Å². The molecule has 0 radical (unpaired) electrons. The fraction of sp³-hybridized carbons (Fsp3) is 0.600. The van der Waals surface area contributed by atoms with Crippen molar-refractivity contribution in [1.29, 1.82) is 0 Å². The van der Waals surface area contributed by atoms with Crippen LogP contribution in [0.3, 0.4) is 0 Å². The van der Waals surface area contributed by atoms with Crippen LogP contribution < -0.4 is 5.32 Å². The SMILES string of the molecule is O=Cc1cccn1CCOCCOCCOCCNC(=O)C(F)(F)F. The molecule has 25 heavy (non-hydrogen) atoms. The predicted octanol–water partition coefficient (Wildman–Crippen LogP) is 1.03. The van der Waals surface area contributed by atoms with E-state index < -0.39 is 12.1 Å². The van der Waals surface area contributed by atoms with Crippen LogP contribution in [-0.4, -0.2) is 69.1 Å². The van der Waals surface area contributed by atoms with E-state index >= 15 is 0 Å². The fourth-order valence-electron chi connectivity index (χ4n) is 1.78. The van der Waals surface area contributed by atoms with E-state index in [-0.39, 0.29) is 26.4 Å². The summed E-state index contributed by atoms with van der Waals surface area (Å²) in [6.07, 6.45) is -2.31. The number of amides is 1. The summed E-state index contributed by atoms with van der Waals surface area (Å²) in [6, 6.07) is 3.49. The number of nitrogens with one attached hydrogen (secondary N) is 1. The van der Waals surface area contributed by atoms with Crippen molar-refractivity contribution < 1.29 is 37.0 Å². The van der Waals surface area contributed by atoms with Gasteiger partial charge in [0, 0.05) is 19.3 Å². The number of hydrogen-bond donors (Lipinski definition) is 1. The summed E-state index contributed by atoms with van der Waals surface area (Å²) in [6.45, 7) is 1.94. The van der Waals surface area contributed by atoms with Crippen LogP contribution in [0.25, 0.3) is 0 Å². The van der Waals surface area contributed by atoms with Crippen molar-refractivity contribution >= 4 is 12.2 Å². The highest BCUT2D eigenvalue weighted by molar-refractivity contribution is 5.81. The summed E-state index contributed by atoms with van der Waals surface area (Å²) in [5, 5.41) is 1.69. The maximum absolute atomic E-state index is 11.9. The first-order valence-electron chi connectivity index (χ1n) is 7.63. The fourth-order valence-corrected chi connectivity index (χ4v) is 1.78. The van der Waals surface area contributed by atoms with E-state index in [1.54, 1.807) is 28.2 Å². The molecule has 0 saturated heterocycles. The van der Waals surface area contributed by atoms with Gasteiger partial charge in [0.15, 0.2) is 6.29 Å². The van der Waals surface area contributed by atoms with Crippen LogP contribution in [0.5, 0.6) is 0 Å². The molecule has 1 amide bonds. The van der Waals surface area contributed by atoms with Crippen LogP contribution in [0.4, 0.5) is 13.2 Å². The lowest BCUT2D eigenvalue weighted by Crippen LogP contribution is -2.38. The van der Waals surface area contributed by atoms with Crippen molar-refractivity contribution in [2.45, 2.75) is 12.7 Å². The molecule has 0 spiro atoms. The molecule has 0 unspecified atom stereocenters. The first-order chi connectivity index (χ1) is 11.9. The van der Waals surface area contributed by atoms with Crippen molar-refractivity contribution in [2.24, 2.45) is 0 Å². The summed E-state index contributed by atoms with van der Waals surface area (Å²) < 4.78 is 53.0. The third kappa shape index (κ3) is 9.22. The van der Waals surface area contributed by atoms with Crippen LogP contribution in [0.15, 0.2) is 18.3 Å². The molecular weight excluding hydrogens is 345 g/mol. The highest BCUT2D eigenvalue weighted by Gasteiger charge is 2.38. The largest absolute Gasteiger partial charge is 0.471 e. The maximum Gasteiger partial charge on any atom is 0.471 e. The molecule has 0 bridgehead atoms. The lowest BCUT2D eigenvalue weighted by Gasteiger charge is -2.09. The number of nitrogens with zero attached hydrogens (tertiary/aromatic N) is 1. The second-order valence-corrected chi connectivity index (χ2v) is 4.84. The van der Waals surface area contributed by atoms with Crippen LogP contribution in [0.2, 0.25) is 0 Å². The van der Waals surface area contributed by atoms with Gasteiger partial charge < -0.3 is 24.1 Å². The van der Waals surface area contributed by atoms with Gasteiger partial charge >= 0.3 is 12.1 Å². The summed E-state index contributed by atoms with van der Waals surface area (Å²) in [5.41, 5.74) is 0.587. The van der Waals surface area contributed by atoms with Gasteiger partial charge in [0.1, 0.15) is 0 Å². The predicted molar refractivity (Wildman–Crippen MR) is 81.3 cm³/mol. The Hall–Kier alpha value is -1.91. The number of halogens is 3. The average molecular weight is 366 g/mol. The Labute approximate surface area is 143 Å². The number of rotatable bonds is 13. The van der Waals surface area contributed by atoms with Crippen LogP contribution in [0, 0.1) is 0 Å². The Morgan fingerprint density at radius 1 is 1.08 bits per heavy atom. The lowest BCUT2D eigenvalue weighted by atomic mass is 10.5. The normalized spacial score (nSPS) is 11.5. The van der Waals surface area contributed by atoms with Crippen LogP contribution >= 0.6 is 0 Å². The van der Waals surface area contributed by atoms with Crippen molar-refractivity contribution in [3.05, 3.63) is 24.0 Å². The summed E-state index contributed by atoms with van der Waals surface area (Å²) in [5.74, 6) is -1.98. The number of aromatic nitrogens is 1. The van der Waals surface area contributed by atoms with Crippen molar-refractivity contribution in [3.63, 3.8) is 0 Å². The number of hydrogen-bond acceptors (Lipinski definition) is 5. The molecule has 0 aliphatic heterocycles. The quantitative estimate of drug-likeness (QED) is 0.417. The first-order valence-corrected chi connectivity index (χ1v) is 7.63. The van der Waals surface area contributed by atoms with Crippen molar-refractivity contribution in [3.8, 4) is 0 Å². The van der Waals surface area contributed by atoms with Gasteiger partial charge in [-0.15, -0.1) is 0 Å². The van der Waals surface area contributed by atoms with Gasteiger partial charge in [-0.05, 0) is 12.1 Å². The van der Waals surface area contributed by atoms with Crippen LogP contribution in [-0.2, 0) is 25.5 Å². The Morgan fingerprint density at radius 3 is 2.28 bits per heavy atom. The third-order valence-corrected chi connectivity index (χ3v) is 3.00. The molecule has 1 aromatic rings. The van der Waals surface area contributed by atoms with E-state index in [1.165, 1.54) is 0 Å². The molecule has 7 nitrogen and oxygen atoms in total. The van der Waals surface area contributed by atoms with E-state index in [0.717, 1.165) is 6.29 Å². The van der Waals surface area contributed by atoms with E-state index in [9.17, 15) is 22.8 Å². The molecule has 10 heteroatoms. The Kier molecular flexibility index (Phi) is 9.81. The maximum atomic E-state index is 11.9. The molecular formula is C15H21F3N2O5. The minimum atomic E-state index is -4.88. The molecule has 1 heterocycles. The van der Waals surface area contributed by atoms with Gasteiger partial charge in [-0.3, -0.25) is 9.59 Å². The third-order valence-electron chi connectivity index (χ3n) is 3.00. The Balaban J connectivity index is 1.86. The Bertz CT molecular complexity index is 520. The second-order valence-electron chi connectivity index (χ2n) is 4.84. The Morgan fingerprint density at radius 2 is 1.68 bits per heavy atom. The van der Waals surface area contributed by atoms with Crippen molar-refractivity contribution in [1.82, 2.24) is 9.88 Å². The molecule has 0 aliphatic rings. The summed E-state index contributed by atoms with van der Waals surface area (Å²) in [4.78, 5) is 21.2. The number of ether oxygens (including phenoxy) is 3. The number of alkyl halides is 3. The topological polar surface area (TPSA) is 78.8 Å². The average Bonchev–Trinajstić information content (AvgIpc) is 3.02. The smallest absolute Gasteiger partial charge is 0.377 e. The molecule has 0 aromatic carbocycles. The first kappa shape index (κ1) is 21.1. The van der Waals surface area contributed by atoms with Crippen molar-refractivity contribution in [2.75, 3.05) is 46.2 Å². The van der Waals surface area contributed by atoms with E-state index in [2.05, 4.69) is 0 Å². The zero-order valence-electron chi connectivity index (χ0n) is 13.6. The zero-order valence-corrected chi connectivity index (χ0v) is 13.6. The molecule has 0 fully saturated rings. The van der Waals surface area contributed by atoms with E-state index in [1.807, 2.05) is 0 Å². The van der Waals surface area contributed by atoms with E-state index in [0.29, 0.717) is 32.1 Å². The van der Waals surface area contributed by atoms with Gasteiger partial charge in [0.25, 0.3) is 0 Å². The number of carbonyl (C=O) groups is 2. The number of aldehydes is 1. The summed E-state index contributed by atoms with van der Waals surface area (Å²) in [7, 11) is 0. The van der Waals surface area contributed by atoms with Crippen LogP contribution in [0.1, 0.15) is 10.5 Å². The molecule has 0 atom stereocenters. The monoisotopic (exact) mass is 366 g/mol. The van der Waals surface area contributed by atoms with Gasteiger partial charge in [0.05, 0.1) is 45.3 Å². The van der Waals surface area contributed by atoms with Gasteiger partial charge in [0.2, 0.25) is 0 Å². The van der Waals surface area contributed by atoms with E-state index in [4.69, 9.17) is 14.2 Å². The molecule has 1 rings (SSSR count). The summed E-state index contributed by atoms with van der Waals surface area (Å²) >= 11 is 0. The molecule has 0 aliphatic carbocycles. The van der Waals surface area contributed by atoms with Gasteiger partial charge in [-0.2, -0.15) is 13.2 Å². The zero-order chi connectivity index (χ0) is 18.5. The number of carbonyl (C=O) groups excluding carboxylic acids is 2. The standard InChI is InChI=1S/C15H21F3N2O5/c16-15(17,18)14(22)19-3-6-23-8-10-25-11-9-24-7-5-20-4-1-2-13(20)12-21/h1-2,4,12H,3,5-11H2,(H,19,22). The lowest BCUT2D eigenvalue weighted by molar-refractivity contribution is -0.173. The van der Waals surface area contributed by atoms with Gasteiger partial charge in [-0.1, -0.05) is 0 Å². The minimum Gasteiger partial charge on any atom is -0.377 e. The molecule has 0 saturated carbocycles.